The molecule has 2 rings (SSSR count). The van der Waals surface area contributed by atoms with E-state index in [-0.39, 0.29) is 0 Å². The predicted octanol–water partition coefficient (Wildman–Crippen LogP) is 0.961. The Bertz CT molecular complexity index is 275. The van der Waals surface area contributed by atoms with Crippen LogP contribution in [0.1, 0.15) is 18.5 Å². The van der Waals surface area contributed by atoms with Gasteiger partial charge < -0.3 is 5.32 Å². The normalized spacial score (nSPS) is 18.9. The largest absolute Gasteiger partial charge is 0.316 e. The van der Waals surface area contributed by atoms with E-state index in [1.54, 1.807) is 0 Å². The van der Waals surface area contributed by atoms with Crippen molar-refractivity contribution in [3.63, 3.8) is 0 Å². The van der Waals surface area contributed by atoms with Crippen LogP contribution in [0, 0.1) is 5.92 Å². The molecule has 1 fully saturated rings. The Hall–Kier alpha value is -0.830. The van der Waals surface area contributed by atoms with Gasteiger partial charge in [-0.3, -0.25) is 4.68 Å². The van der Waals surface area contributed by atoms with Gasteiger partial charge in [-0.25, -0.2) is 0 Å². The summed E-state index contributed by atoms with van der Waals surface area (Å²) in [5.41, 5.74) is 1.20. The molecule has 0 aliphatic heterocycles. The first-order chi connectivity index (χ1) is 6.29. The van der Waals surface area contributed by atoms with Gasteiger partial charge in [-0.05, 0) is 31.9 Å². The number of aromatic nitrogens is 2. The second-order valence-corrected chi connectivity index (χ2v) is 3.92. The van der Waals surface area contributed by atoms with Crippen molar-refractivity contribution < 1.29 is 0 Å². The molecular formula is C10H17N3. The molecule has 0 amide bonds. The number of nitrogens with one attached hydrogen (secondary N) is 1. The summed E-state index contributed by atoms with van der Waals surface area (Å²) < 4.78 is 1.87. The lowest BCUT2D eigenvalue weighted by atomic mass is 10.1. The number of rotatable bonds is 4. The first kappa shape index (κ1) is 8.75. The van der Waals surface area contributed by atoms with Crippen LogP contribution >= 0.6 is 0 Å². The van der Waals surface area contributed by atoms with Gasteiger partial charge in [0.05, 0.1) is 5.69 Å². The zero-order valence-electron chi connectivity index (χ0n) is 8.33. The lowest BCUT2D eigenvalue weighted by Crippen LogP contribution is -2.29. The lowest BCUT2D eigenvalue weighted by Gasteiger charge is -2.12. The summed E-state index contributed by atoms with van der Waals surface area (Å²) in [4.78, 5) is 0. The molecule has 1 heterocycles. The van der Waals surface area contributed by atoms with Gasteiger partial charge in [-0.2, -0.15) is 5.10 Å². The first-order valence-electron chi connectivity index (χ1n) is 4.95. The van der Waals surface area contributed by atoms with E-state index in [9.17, 15) is 0 Å². The van der Waals surface area contributed by atoms with Gasteiger partial charge in [0.2, 0.25) is 0 Å². The molecule has 0 aromatic carbocycles. The van der Waals surface area contributed by atoms with E-state index in [1.807, 2.05) is 25.0 Å². The van der Waals surface area contributed by atoms with Crippen LogP contribution in [-0.2, 0) is 13.5 Å². The average molecular weight is 179 g/mol. The van der Waals surface area contributed by atoms with Crippen molar-refractivity contribution in [1.82, 2.24) is 15.1 Å². The molecule has 1 aliphatic carbocycles. The van der Waals surface area contributed by atoms with Crippen LogP contribution in [0.4, 0.5) is 0 Å². The fourth-order valence-electron chi connectivity index (χ4n) is 1.80. The average Bonchev–Trinajstić information content (AvgIpc) is 2.87. The fourth-order valence-corrected chi connectivity index (χ4v) is 1.80. The number of hydrogen-bond donors (Lipinski definition) is 1. The predicted molar refractivity (Wildman–Crippen MR) is 52.5 cm³/mol. The van der Waals surface area contributed by atoms with Crippen LogP contribution in [-0.4, -0.2) is 22.9 Å². The molecule has 1 saturated carbocycles. The van der Waals surface area contributed by atoms with Crippen LogP contribution in [0.5, 0.6) is 0 Å². The molecule has 1 aromatic rings. The highest BCUT2D eigenvalue weighted by atomic mass is 15.2. The zero-order valence-corrected chi connectivity index (χ0v) is 8.33. The monoisotopic (exact) mass is 179 g/mol. The minimum atomic E-state index is 0.634. The van der Waals surface area contributed by atoms with Gasteiger partial charge in [-0.15, -0.1) is 0 Å². The Morgan fingerprint density at radius 1 is 1.69 bits per heavy atom. The highest BCUT2D eigenvalue weighted by Gasteiger charge is 2.30. The van der Waals surface area contributed by atoms with Crippen molar-refractivity contribution >= 4 is 0 Å². The summed E-state index contributed by atoms with van der Waals surface area (Å²) in [5, 5.41) is 7.76. The Kier molecular flexibility index (Phi) is 2.36. The summed E-state index contributed by atoms with van der Waals surface area (Å²) in [5.74, 6) is 0.895. The summed E-state index contributed by atoms with van der Waals surface area (Å²) in [6.07, 6.45) is 5.85. The van der Waals surface area contributed by atoms with Crippen LogP contribution in [0.25, 0.3) is 0 Å². The van der Waals surface area contributed by atoms with Gasteiger partial charge in [0.15, 0.2) is 0 Å². The van der Waals surface area contributed by atoms with E-state index in [2.05, 4.69) is 16.5 Å². The van der Waals surface area contributed by atoms with E-state index in [4.69, 9.17) is 0 Å². The van der Waals surface area contributed by atoms with Gasteiger partial charge in [0, 0.05) is 25.7 Å². The summed E-state index contributed by atoms with van der Waals surface area (Å²) >= 11 is 0. The third kappa shape index (κ3) is 2.10. The molecule has 0 radical (unpaired) electrons. The van der Waals surface area contributed by atoms with Crippen LogP contribution < -0.4 is 5.32 Å². The van der Waals surface area contributed by atoms with Crippen molar-refractivity contribution in [3.05, 3.63) is 18.0 Å². The summed E-state index contributed by atoms with van der Waals surface area (Å²) in [6.45, 7) is 0. The van der Waals surface area contributed by atoms with E-state index in [1.165, 1.54) is 18.5 Å². The molecule has 3 nitrogen and oxygen atoms in total. The molecule has 1 aliphatic rings. The minimum absolute atomic E-state index is 0.634. The fraction of sp³-hybridized carbons (Fsp3) is 0.700. The van der Waals surface area contributed by atoms with Gasteiger partial charge in [-0.1, -0.05) is 0 Å². The smallest absolute Gasteiger partial charge is 0.0640 e. The van der Waals surface area contributed by atoms with Crippen molar-refractivity contribution in [2.45, 2.75) is 25.3 Å². The Labute approximate surface area is 79.1 Å². The first-order valence-corrected chi connectivity index (χ1v) is 4.95. The van der Waals surface area contributed by atoms with E-state index in [0.717, 1.165) is 12.3 Å². The molecule has 1 unspecified atom stereocenters. The van der Waals surface area contributed by atoms with Gasteiger partial charge in [0.1, 0.15) is 0 Å². The number of likely N-dealkylation sites (N-methyl/N-ethyl adjacent to an activating group) is 1. The second-order valence-electron chi connectivity index (χ2n) is 3.92. The quantitative estimate of drug-likeness (QED) is 0.746. The second kappa shape index (κ2) is 3.50. The van der Waals surface area contributed by atoms with Crippen LogP contribution in [0.15, 0.2) is 12.3 Å². The molecule has 13 heavy (non-hydrogen) atoms. The SMILES string of the molecule is CNC(Cc1ccn(C)n1)C1CC1. The van der Waals surface area contributed by atoms with Gasteiger partial charge >= 0.3 is 0 Å². The summed E-state index contributed by atoms with van der Waals surface area (Å²) in [7, 11) is 4.01. The maximum Gasteiger partial charge on any atom is 0.0640 e. The molecule has 3 heteroatoms. The topological polar surface area (TPSA) is 29.9 Å². The van der Waals surface area contributed by atoms with E-state index >= 15 is 0 Å². The molecule has 72 valence electrons. The van der Waals surface area contributed by atoms with Gasteiger partial charge in [0.25, 0.3) is 0 Å². The van der Waals surface area contributed by atoms with E-state index < -0.39 is 0 Å². The Morgan fingerprint density at radius 3 is 2.92 bits per heavy atom. The molecule has 1 atom stereocenters. The third-order valence-electron chi connectivity index (χ3n) is 2.76. The molecule has 0 saturated heterocycles. The highest BCUT2D eigenvalue weighted by Crippen LogP contribution is 2.33. The number of nitrogens with zero attached hydrogens (tertiary/aromatic N) is 2. The molecule has 1 aromatic heterocycles. The third-order valence-corrected chi connectivity index (χ3v) is 2.76. The van der Waals surface area contributed by atoms with Crippen molar-refractivity contribution in [3.8, 4) is 0 Å². The molecule has 0 spiro atoms. The number of aryl methyl sites for hydroxylation is 1. The maximum atomic E-state index is 4.39. The minimum Gasteiger partial charge on any atom is -0.316 e. The van der Waals surface area contributed by atoms with E-state index in [0.29, 0.717) is 6.04 Å². The highest BCUT2D eigenvalue weighted by molar-refractivity contribution is 5.03. The van der Waals surface area contributed by atoms with Crippen molar-refractivity contribution in [1.29, 1.82) is 0 Å². The lowest BCUT2D eigenvalue weighted by molar-refractivity contribution is 0.493. The zero-order chi connectivity index (χ0) is 9.26. The Morgan fingerprint density at radius 2 is 2.46 bits per heavy atom. The molecular weight excluding hydrogens is 162 g/mol. The molecule has 1 N–H and O–H groups in total. The maximum absolute atomic E-state index is 4.39. The standard InChI is InChI=1S/C10H17N3/c1-11-10(8-3-4-8)7-9-5-6-13(2)12-9/h5-6,8,10-11H,3-4,7H2,1-2H3. The van der Waals surface area contributed by atoms with Crippen LogP contribution in [0.2, 0.25) is 0 Å². The van der Waals surface area contributed by atoms with Crippen molar-refractivity contribution in [2.24, 2.45) is 13.0 Å². The Balaban J connectivity index is 1.95. The van der Waals surface area contributed by atoms with Crippen molar-refractivity contribution in [2.75, 3.05) is 7.05 Å². The number of hydrogen-bond acceptors (Lipinski definition) is 2. The summed E-state index contributed by atoms with van der Waals surface area (Å²) in [6, 6.07) is 2.74. The molecule has 0 bridgehead atoms. The van der Waals surface area contributed by atoms with Crippen LogP contribution in [0.3, 0.4) is 0 Å².